The summed E-state index contributed by atoms with van der Waals surface area (Å²) in [4.78, 5) is 2.13. The van der Waals surface area contributed by atoms with E-state index in [9.17, 15) is 13.0 Å². The third-order valence-electron chi connectivity index (χ3n) is 8.32. The first-order chi connectivity index (χ1) is 19.5. The van der Waals surface area contributed by atoms with Crippen LogP contribution in [0.3, 0.4) is 0 Å². The molecule has 1 unspecified atom stereocenters. The highest BCUT2D eigenvalue weighted by Gasteiger charge is 2.41. The van der Waals surface area contributed by atoms with Gasteiger partial charge in [-0.05, 0) is 30.5 Å². The lowest BCUT2D eigenvalue weighted by atomic mass is 10.0. The Bertz CT molecular complexity index is 1040. The van der Waals surface area contributed by atoms with Crippen LogP contribution < -0.4 is 9.21 Å². The zero-order chi connectivity index (χ0) is 28.5. The molecule has 3 rings (SSSR count). The van der Waals surface area contributed by atoms with E-state index in [4.69, 9.17) is 0 Å². The maximum absolute atomic E-state index is 12.5. The fourth-order valence-electron chi connectivity index (χ4n) is 6.09. The highest BCUT2D eigenvalue weighted by atomic mass is 32.2. The van der Waals surface area contributed by atoms with Crippen molar-refractivity contribution in [2.24, 2.45) is 0 Å². The molecule has 1 N–H and O–H groups in total. The topological polar surface area (TPSA) is 60.9 Å². The number of unbranched alkanes of at least 4 members (excludes halogenated alkanes) is 17. The fraction of sp³-hybridized carbons (Fsp3) is 0.647. The Balaban J connectivity index is 1.30. The second-order valence-electron chi connectivity index (χ2n) is 11.7. The Hall–Kier alpha value is -2.05. The summed E-state index contributed by atoms with van der Waals surface area (Å²) in [6.07, 6.45) is 24.2. The van der Waals surface area contributed by atoms with E-state index in [1.54, 1.807) is 6.07 Å². The molecule has 5 nitrogen and oxygen atoms in total. The van der Waals surface area contributed by atoms with Gasteiger partial charge in [-0.2, -0.15) is 8.42 Å². The Labute approximate surface area is 245 Å². The number of nitrogens with zero attached hydrogens (tertiary/aromatic N) is 2. The van der Waals surface area contributed by atoms with Crippen LogP contribution in [0.5, 0.6) is 0 Å². The quantitative estimate of drug-likeness (QED) is 0.113. The lowest BCUT2D eigenvalue weighted by Gasteiger charge is -2.31. The monoisotopic (exact) mass is 570 g/mol. The maximum Gasteiger partial charge on any atom is 0.361 e. The lowest BCUT2D eigenvalue weighted by Crippen LogP contribution is -2.45. The SMILES string of the molecule is CCCCCCCCCCCCCCCCCCCCC1N(Cc2ccccc2)c2ccccc2N1S(=O)(=O)O. The van der Waals surface area contributed by atoms with E-state index in [0.29, 0.717) is 18.7 Å². The molecule has 0 fully saturated rings. The van der Waals surface area contributed by atoms with Crippen LogP contribution in [0.2, 0.25) is 0 Å². The van der Waals surface area contributed by atoms with Crippen LogP contribution in [0.4, 0.5) is 11.4 Å². The number of hydrogen-bond acceptors (Lipinski definition) is 3. The Kier molecular flexibility index (Phi) is 14.9. The van der Waals surface area contributed by atoms with Crippen LogP contribution in [-0.4, -0.2) is 19.1 Å². The van der Waals surface area contributed by atoms with E-state index < -0.39 is 16.5 Å². The summed E-state index contributed by atoms with van der Waals surface area (Å²) in [5.74, 6) is 0. The molecule has 0 amide bonds. The van der Waals surface area contributed by atoms with E-state index >= 15 is 0 Å². The number of benzene rings is 2. The van der Waals surface area contributed by atoms with Crippen molar-refractivity contribution >= 4 is 21.7 Å². The molecule has 1 aliphatic rings. The zero-order valence-corrected chi connectivity index (χ0v) is 25.8. The van der Waals surface area contributed by atoms with E-state index in [1.165, 1.54) is 107 Å². The maximum atomic E-state index is 12.5. The second-order valence-corrected chi connectivity index (χ2v) is 12.9. The average Bonchev–Trinajstić information content (AvgIpc) is 3.26. The van der Waals surface area contributed by atoms with Gasteiger partial charge < -0.3 is 4.90 Å². The first-order valence-corrected chi connectivity index (χ1v) is 17.6. The molecule has 1 heterocycles. The summed E-state index contributed by atoms with van der Waals surface area (Å²) in [5.41, 5.74) is 2.54. The molecular formula is C34H54N2O3S. The summed E-state index contributed by atoms with van der Waals surface area (Å²) in [6, 6.07) is 17.6. The van der Waals surface area contributed by atoms with Crippen LogP contribution in [0.1, 0.15) is 134 Å². The van der Waals surface area contributed by atoms with Gasteiger partial charge >= 0.3 is 10.3 Å². The molecule has 6 heteroatoms. The number of para-hydroxylation sites is 2. The molecule has 40 heavy (non-hydrogen) atoms. The van der Waals surface area contributed by atoms with E-state index in [1.807, 2.05) is 36.4 Å². The molecule has 0 saturated carbocycles. The molecule has 1 aliphatic heterocycles. The summed E-state index contributed by atoms with van der Waals surface area (Å²) >= 11 is 0. The second kappa shape index (κ2) is 18.4. The van der Waals surface area contributed by atoms with Gasteiger partial charge in [-0.25, -0.2) is 4.31 Å². The van der Waals surface area contributed by atoms with Crippen LogP contribution in [0.15, 0.2) is 54.6 Å². The van der Waals surface area contributed by atoms with Gasteiger partial charge in [0.25, 0.3) is 0 Å². The third kappa shape index (κ3) is 11.1. The van der Waals surface area contributed by atoms with Gasteiger partial charge in [-0.1, -0.05) is 159 Å². The van der Waals surface area contributed by atoms with Gasteiger partial charge in [-0.3, -0.25) is 4.55 Å². The van der Waals surface area contributed by atoms with Crippen molar-refractivity contribution < 1.29 is 13.0 Å². The van der Waals surface area contributed by atoms with E-state index in [0.717, 1.165) is 24.1 Å². The predicted molar refractivity (Wildman–Crippen MR) is 170 cm³/mol. The van der Waals surface area contributed by atoms with Crippen molar-refractivity contribution in [3.8, 4) is 0 Å². The van der Waals surface area contributed by atoms with Crippen molar-refractivity contribution in [2.45, 2.75) is 142 Å². The molecule has 224 valence electrons. The highest BCUT2D eigenvalue weighted by molar-refractivity contribution is 7.87. The third-order valence-corrected chi connectivity index (χ3v) is 9.26. The first-order valence-electron chi connectivity index (χ1n) is 16.2. The minimum atomic E-state index is -4.37. The molecule has 2 aromatic carbocycles. The van der Waals surface area contributed by atoms with Gasteiger partial charge in [-0.15, -0.1) is 0 Å². The molecule has 1 atom stereocenters. The Morgan fingerprint density at radius 2 is 1.02 bits per heavy atom. The molecule has 2 aromatic rings. The summed E-state index contributed by atoms with van der Waals surface area (Å²) in [6.45, 7) is 2.88. The van der Waals surface area contributed by atoms with Crippen LogP contribution >= 0.6 is 0 Å². The Morgan fingerprint density at radius 1 is 0.600 bits per heavy atom. The van der Waals surface area contributed by atoms with Crippen molar-refractivity contribution in [3.63, 3.8) is 0 Å². The van der Waals surface area contributed by atoms with Crippen molar-refractivity contribution in [1.29, 1.82) is 0 Å². The normalized spacial score (nSPS) is 15.1. The van der Waals surface area contributed by atoms with Crippen molar-refractivity contribution in [2.75, 3.05) is 9.21 Å². The van der Waals surface area contributed by atoms with Crippen molar-refractivity contribution in [3.05, 3.63) is 60.2 Å². The zero-order valence-electron chi connectivity index (χ0n) is 25.0. The van der Waals surface area contributed by atoms with Crippen LogP contribution in [0.25, 0.3) is 0 Å². The highest BCUT2D eigenvalue weighted by Crippen LogP contribution is 2.43. The Morgan fingerprint density at radius 3 is 1.50 bits per heavy atom. The molecule has 0 spiro atoms. The van der Waals surface area contributed by atoms with Gasteiger partial charge in [0.1, 0.15) is 6.17 Å². The largest absolute Gasteiger partial charge is 0.361 e. The first kappa shape index (κ1) is 32.5. The van der Waals surface area contributed by atoms with E-state index in [-0.39, 0.29) is 0 Å². The molecule has 0 bridgehead atoms. The van der Waals surface area contributed by atoms with Gasteiger partial charge in [0.2, 0.25) is 0 Å². The number of anilines is 2. The predicted octanol–water partition coefficient (Wildman–Crippen LogP) is 10.1. The minimum Gasteiger partial charge on any atom is -0.344 e. The number of fused-ring (bicyclic) bond motifs is 1. The fourth-order valence-corrected chi connectivity index (χ4v) is 7.02. The molecular weight excluding hydrogens is 516 g/mol. The standard InChI is InChI=1S/C34H54N2O3S/c1-2-3-4-5-6-7-8-9-10-11-12-13-14-15-16-17-18-22-29-34-35(30-31-25-20-19-21-26-31)32-27-23-24-28-33(32)36(34)40(37,38)39/h19-21,23-28,34H,2-18,22,29-30H2,1H3,(H,37,38,39). The van der Waals surface area contributed by atoms with Crippen LogP contribution in [-0.2, 0) is 16.8 Å². The molecule has 0 aromatic heterocycles. The average molecular weight is 571 g/mol. The molecule has 0 saturated heterocycles. The number of hydrogen-bond donors (Lipinski definition) is 1. The van der Waals surface area contributed by atoms with E-state index in [2.05, 4.69) is 24.0 Å². The summed E-state index contributed by atoms with van der Waals surface area (Å²) in [5, 5.41) is 0. The minimum absolute atomic E-state index is 0.409. The lowest BCUT2D eigenvalue weighted by molar-refractivity contribution is 0.456. The van der Waals surface area contributed by atoms with Crippen LogP contribution in [0, 0.1) is 0 Å². The summed E-state index contributed by atoms with van der Waals surface area (Å²) in [7, 11) is -4.37. The molecule has 0 aliphatic carbocycles. The van der Waals surface area contributed by atoms with Gasteiger partial charge in [0.05, 0.1) is 11.4 Å². The van der Waals surface area contributed by atoms with Gasteiger partial charge in [0.15, 0.2) is 0 Å². The smallest absolute Gasteiger partial charge is 0.344 e. The summed E-state index contributed by atoms with van der Waals surface area (Å²) < 4.78 is 36.3. The van der Waals surface area contributed by atoms with Gasteiger partial charge in [0, 0.05) is 6.54 Å². The van der Waals surface area contributed by atoms with Crippen molar-refractivity contribution in [1.82, 2.24) is 0 Å². The molecule has 0 radical (unpaired) electrons. The number of rotatable bonds is 22.